The number of fused-ring (bicyclic) bond motifs is 3. The van der Waals surface area contributed by atoms with Crippen molar-refractivity contribution in [2.45, 2.75) is 0 Å². The summed E-state index contributed by atoms with van der Waals surface area (Å²) in [5.41, 5.74) is 3.30. The van der Waals surface area contributed by atoms with Crippen molar-refractivity contribution in [2.75, 3.05) is 5.32 Å². The summed E-state index contributed by atoms with van der Waals surface area (Å²) in [5, 5.41) is 4.41. The first kappa shape index (κ1) is 8.24. The fraction of sp³-hybridized carbons (Fsp3) is 0. The number of hydrogen-bond acceptors (Lipinski definition) is 2. The topological polar surface area (TPSA) is 24.9 Å². The van der Waals surface area contributed by atoms with Crippen LogP contribution in [-0.2, 0) is 0 Å². The molecule has 0 amide bonds. The highest BCUT2D eigenvalue weighted by molar-refractivity contribution is 5.93. The molecule has 1 aliphatic heterocycles. The predicted molar refractivity (Wildman–Crippen MR) is 63.5 cm³/mol. The standard InChI is InChI=1S/C13H10N2/c1-2-8-14-12-7-6-10-4-3-9-15-13(10)11(12)5-1/h1-9,14H. The quantitative estimate of drug-likeness (QED) is 0.696. The SMILES string of the molecule is C1=CNc2ccc3cccnc3c2C=C1. The Labute approximate surface area is 88.0 Å². The van der Waals surface area contributed by atoms with E-state index in [4.69, 9.17) is 0 Å². The monoisotopic (exact) mass is 194 g/mol. The van der Waals surface area contributed by atoms with Crippen LogP contribution < -0.4 is 5.32 Å². The van der Waals surface area contributed by atoms with Gasteiger partial charge in [-0.15, -0.1) is 0 Å². The predicted octanol–water partition coefficient (Wildman–Crippen LogP) is 3.19. The molecule has 15 heavy (non-hydrogen) atoms. The number of allylic oxidation sites excluding steroid dienone is 2. The van der Waals surface area contributed by atoms with Gasteiger partial charge in [0.2, 0.25) is 0 Å². The Bertz CT molecular complexity index is 568. The summed E-state index contributed by atoms with van der Waals surface area (Å²) in [7, 11) is 0. The van der Waals surface area contributed by atoms with E-state index in [1.807, 2.05) is 30.6 Å². The fourth-order valence-electron chi connectivity index (χ4n) is 1.81. The zero-order valence-electron chi connectivity index (χ0n) is 8.14. The Kier molecular flexibility index (Phi) is 1.78. The van der Waals surface area contributed by atoms with Crippen LogP contribution in [0.3, 0.4) is 0 Å². The Morgan fingerprint density at radius 3 is 3.07 bits per heavy atom. The van der Waals surface area contributed by atoms with Crippen LogP contribution in [0.1, 0.15) is 5.56 Å². The maximum atomic E-state index is 4.42. The van der Waals surface area contributed by atoms with Gasteiger partial charge in [-0.2, -0.15) is 0 Å². The van der Waals surface area contributed by atoms with Crippen molar-refractivity contribution in [1.29, 1.82) is 0 Å². The maximum absolute atomic E-state index is 4.42. The molecule has 0 unspecified atom stereocenters. The number of nitrogens with one attached hydrogen (secondary N) is 1. The van der Waals surface area contributed by atoms with Crippen molar-refractivity contribution in [3.8, 4) is 0 Å². The molecule has 1 aliphatic rings. The minimum atomic E-state index is 1.04. The number of hydrogen-bond donors (Lipinski definition) is 1. The Hall–Kier alpha value is -2.09. The number of benzene rings is 1. The third-order valence-electron chi connectivity index (χ3n) is 2.52. The normalized spacial score (nSPS) is 13.3. The van der Waals surface area contributed by atoms with Gasteiger partial charge in [-0.3, -0.25) is 4.98 Å². The van der Waals surface area contributed by atoms with Gasteiger partial charge in [0.1, 0.15) is 0 Å². The zero-order chi connectivity index (χ0) is 10.1. The second kappa shape index (κ2) is 3.24. The van der Waals surface area contributed by atoms with Crippen LogP contribution in [0, 0.1) is 0 Å². The molecule has 72 valence electrons. The Morgan fingerprint density at radius 2 is 2.07 bits per heavy atom. The van der Waals surface area contributed by atoms with Crippen molar-refractivity contribution in [3.63, 3.8) is 0 Å². The van der Waals surface area contributed by atoms with Crippen LogP contribution >= 0.6 is 0 Å². The van der Waals surface area contributed by atoms with Crippen LogP contribution in [0.25, 0.3) is 17.0 Å². The third kappa shape index (κ3) is 1.31. The van der Waals surface area contributed by atoms with Gasteiger partial charge in [0.05, 0.1) is 5.52 Å². The van der Waals surface area contributed by atoms with Gasteiger partial charge in [-0.25, -0.2) is 0 Å². The summed E-state index contributed by atoms with van der Waals surface area (Å²) in [6.07, 6.45) is 9.84. The summed E-state index contributed by atoms with van der Waals surface area (Å²) < 4.78 is 0. The van der Waals surface area contributed by atoms with Gasteiger partial charge in [0, 0.05) is 29.0 Å². The Morgan fingerprint density at radius 1 is 1.07 bits per heavy atom. The molecule has 2 nitrogen and oxygen atoms in total. The number of anilines is 1. The number of rotatable bonds is 0. The van der Waals surface area contributed by atoms with E-state index in [2.05, 4.69) is 34.6 Å². The molecule has 0 saturated carbocycles. The van der Waals surface area contributed by atoms with E-state index in [1.54, 1.807) is 0 Å². The highest BCUT2D eigenvalue weighted by atomic mass is 14.8. The zero-order valence-corrected chi connectivity index (χ0v) is 8.14. The molecule has 1 aromatic heterocycles. The van der Waals surface area contributed by atoms with Crippen molar-refractivity contribution in [2.24, 2.45) is 0 Å². The lowest BCUT2D eigenvalue weighted by atomic mass is 10.1. The largest absolute Gasteiger partial charge is 0.361 e. The lowest BCUT2D eigenvalue weighted by Crippen LogP contribution is -1.91. The van der Waals surface area contributed by atoms with Crippen LogP contribution in [0.4, 0.5) is 5.69 Å². The summed E-state index contributed by atoms with van der Waals surface area (Å²) in [6.45, 7) is 0. The van der Waals surface area contributed by atoms with Crippen LogP contribution in [0.5, 0.6) is 0 Å². The number of aromatic nitrogens is 1. The van der Waals surface area contributed by atoms with Crippen molar-refractivity contribution >= 4 is 22.7 Å². The van der Waals surface area contributed by atoms with E-state index in [0.717, 1.165) is 16.8 Å². The van der Waals surface area contributed by atoms with E-state index in [1.165, 1.54) is 5.39 Å². The minimum Gasteiger partial charge on any atom is -0.361 e. The van der Waals surface area contributed by atoms with E-state index < -0.39 is 0 Å². The second-order valence-corrected chi connectivity index (χ2v) is 3.46. The van der Waals surface area contributed by atoms with Gasteiger partial charge in [-0.1, -0.05) is 24.3 Å². The Balaban J connectivity index is 2.38. The molecule has 0 aliphatic carbocycles. The van der Waals surface area contributed by atoms with E-state index in [0.29, 0.717) is 0 Å². The van der Waals surface area contributed by atoms with Crippen molar-refractivity contribution in [1.82, 2.24) is 4.98 Å². The summed E-state index contributed by atoms with van der Waals surface area (Å²) in [5.74, 6) is 0. The number of pyridine rings is 1. The molecule has 3 rings (SSSR count). The van der Waals surface area contributed by atoms with Gasteiger partial charge in [0.25, 0.3) is 0 Å². The van der Waals surface area contributed by atoms with Crippen LogP contribution in [0.15, 0.2) is 48.8 Å². The molecule has 2 aromatic rings. The molecular formula is C13H10N2. The molecule has 1 aromatic carbocycles. The molecule has 0 fully saturated rings. The van der Waals surface area contributed by atoms with E-state index in [-0.39, 0.29) is 0 Å². The molecule has 2 heteroatoms. The van der Waals surface area contributed by atoms with E-state index in [9.17, 15) is 0 Å². The minimum absolute atomic E-state index is 1.04. The first-order chi connectivity index (χ1) is 7.45. The lowest BCUT2D eigenvalue weighted by molar-refractivity contribution is 1.40. The molecule has 0 bridgehead atoms. The summed E-state index contributed by atoms with van der Waals surface area (Å²) >= 11 is 0. The van der Waals surface area contributed by atoms with Crippen molar-refractivity contribution in [3.05, 3.63) is 54.4 Å². The van der Waals surface area contributed by atoms with Gasteiger partial charge in [-0.05, 0) is 18.2 Å². The van der Waals surface area contributed by atoms with Crippen LogP contribution in [0.2, 0.25) is 0 Å². The van der Waals surface area contributed by atoms with Crippen LogP contribution in [-0.4, -0.2) is 4.98 Å². The van der Waals surface area contributed by atoms with Gasteiger partial charge in [0.15, 0.2) is 0 Å². The summed E-state index contributed by atoms with van der Waals surface area (Å²) in [6, 6.07) is 8.20. The molecule has 0 radical (unpaired) electrons. The third-order valence-corrected chi connectivity index (χ3v) is 2.52. The average Bonchev–Trinajstić information content (AvgIpc) is 2.54. The number of nitrogens with zero attached hydrogens (tertiary/aromatic N) is 1. The maximum Gasteiger partial charge on any atom is 0.0795 e. The van der Waals surface area contributed by atoms with Crippen molar-refractivity contribution < 1.29 is 0 Å². The molecular weight excluding hydrogens is 184 g/mol. The first-order valence-corrected chi connectivity index (χ1v) is 4.93. The lowest BCUT2D eigenvalue weighted by Gasteiger charge is -2.07. The first-order valence-electron chi connectivity index (χ1n) is 4.93. The molecule has 1 N–H and O–H groups in total. The van der Waals surface area contributed by atoms with Gasteiger partial charge < -0.3 is 5.32 Å². The molecule has 2 heterocycles. The second-order valence-electron chi connectivity index (χ2n) is 3.46. The highest BCUT2D eigenvalue weighted by Crippen LogP contribution is 2.26. The highest BCUT2D eigenvalue weighted by Gasteiger charge is 2.05. The summed E-state index contributed by atoms with van der Waals surface area (Å²) in [4.78, 5) is 4.42. The average molecular weight is 194 g/mol. The molecule has 0 spiro atoms. The van der Waals surface area contributed by atoms with E-state index >= 15 is 0 Å². The smallest absolute Gasteiger partial charge is 0.0795 e. The van der Waals surface area contributed by atoms with Gasteiger partial charge >= 0.3 is 0 Å². The fourth-order valence-corrected chi connectivity index (χ4v) is 1.81. The molecule has 0 atom stereocenters. The molecule has 0 saturated heterocycles.